The van der Waals surface area contributed by atoms with E-state index >= 15 is 0 Å². The summed E-state index contributed by atoms with van der Waals surface area (Å²) in [6, 6.07) is 6.30. The zero-order chi connectivity index (χ0) is 17.4. The highest BCUT2D eigenvalue weighted by Gasteiger charge is 2.47. The minimum absolute atomic E-state index is 0.0580. The van der Waals surface area contributed by atoms with Crippen molar-refractivity contribution in [1.82, 2.24) is 9.62 Å². The lowest BCUT2D eigenvalue weighted by molar-refractivity contribution is -0.133. The van der Waals surface area contributed by atoms with Gasteiger partial charge in [-0.2, -0.15) is 0 Å². The van der Waals surface area contributed by atoms with Crippen LogP contribution in [0.3, 0.4) is 0 Å². The Labute approximate surface area is 142 Å². The SMILES string of the molecule is CS(=O)(=O)NC1CCC2(CCC(=O)N2Cc2cccc(F)c2)CC1. The third kappa shape index (κ3) is 3.78. The highest BCUT2D eigenvalue weighted by molar-refractivity contribution is 7.88. The van der Waals surface area contributed by atoms with Gasteiger partial charge in [0, 0.05) is 24.5 Å². The summed E-state index contributed by atoms with van der Waals surface area (Å²) < 4.78 is 38.9. The predicted molar refractivity (Wildman–Crippen MR) is 89.2 cm³/mol. The molecule has 1 saturated heterocycles. The molecule has 1 spiro atoms. The third-order valence-corrected chi connectivity index (χ3v) is 5.97. The molecule has 0 atom stereocenters. The van der Waals surface area contributed by atoms with Gasteiger partial charge >= 0.3 is 0 Å². The van der Waals surface area contributed by atoms with Crippen molar-refractivity contribution in [2.75, 3.05) is 6.26 Å². The predicted octanol–water partition coefficient (Wildman–Crippen LogP) is 2.18. The average molecular weight is 354 g/mol. The van der Waals surface area contributed by atoms with Crippen LogP contribution in [0.2, 0.25) is 0 Å². The molecule has 1 aliphatic heterocycles. The van der Waals surface area contributed by atoms with Crippen molar-refractivity contribution in [3.63, 3.8) is 0 Å². The smallest absolute Gasteiger partial charge is 0.223 e. The molecule has 1 aromatic rings. The molecule has 1 amide bonds. The molecule has 1 heterocycles. The number of nitrogens with one attached hydrogen (secondary N) is 1. The van der Waals surface area contributed by atoms with Gasteiger partial charge in [0.25, 0.3) is 0 Å². The Hall–Kier alpha value is -1.47. The standard InChI is InChI=1S/C17H23FN2O3S/c1-24(22,23)19-15-5-8-17(9-6-15)10-7-16(21)20(17)12-13-3-2-4-14(18)11-13/h2-4,11,15,19H,5-10,12H2,1H3. The fraction of sp³-hybridized carbons (Fsp3) is 0.588. The molecule has 1 aliphatic carbocycles. The monoisotopic (exact) mass is 354 g/mol. The Morgan fingerprint density at radius 1 is 1.29 bits per heavy atom. The molecule has 1 N–H and O–H groups in total. The van der Waals surface area contributed by atoms with Crippen molar-refractivity contribution in [3.8, 4) is 0 Å². The van der Waals surface area contributed by atoms with Crippen LogP contribution in [0.4, 0.5) is 4.39 Å². The number of carbonyl (C=O) groups excluding carboxylic acids is 1. The quantitative estimate of drug-likeness (QED) is 0.901. The zero-order valence-corrected chi connectivity index (χ0v) is 14.6. The number of carbonyl (C=O) groups is 1. The molecule has 7 heteroatoms. The van der Waals surface area contributed by atoms with Gasteiger partial charge in [-0.1, -0.05) is 12.1 Å². The molecule has 0 radical (unpaired) electrons. The molecule has 0 unspecified atom stereocenters. The summed E-state index contributed by atoms with van der Waals surface area (Å²) in [7, 11) is -3.21. The maximum Gasteiger partial charge on any atom is 0.223 e. The topological polar surface area (TPSA) is 66.5 Å². The van der Waals surface area contributed by atoms with E-state index < -0.39 is 10.0 Å². The van der Waals surface area contributed by atoms with Gasteiger partial charge in [-0.05, 0) is 49.8 Å². The van der Waals surface area contributed by atoms with Crippen molar-refractivity contribution in [2.45, 2.75) is 56.7 Å². The second-order valence-corrected chi connectivity index (χ2v) is 8.78. The van der Waals surface area contributed by atoms with Crippen molar-refractivity contribution < 1.29 is 17.6 Å². The molecular formula is C17H23FN2O3S. The van der Waals surface area contributed by atoms with E-state index in [0.717, 1.165) is 37.7 Å². The lowest BCUT2D eigenvalue weighted by Crippen LogP contribution is -2.50. The van der Waals surface area contributed by atoms with Gasteiger partial charge in [0.2, 0.25) is 15.9 Å². The van der Waals surface area contributed by atoms with Crippen molar-refractivity contribution in [3.05, 3.63) is 35.6 Å². The summed E-state index contributed by atoms with van der Waals surface area (Å²) in [5, 5.41) is 0. The third-order valence-electron chi connectivity index (χ3n) is 5.20. The van der Waals surface area contributed by atoms with Gasteiger partial charge in [-0.25, -0.2) is 17.5 Å². The van der Waals surface area contributed by atoms with E-state index in [1.54, 1.807) is 6.07 Å². The first-order chi connectivity index (χ1) is 11.3. The summed E-state index contributed by atoms with van der Waals surface area (Å²) in [4.78, 5) is 14.3. The van der Waals surface area contributed by atoms with Crippen molar-refractivity contribution in [1.29, 1.82) is 0 Å². The molecule has 2 fully saturated rings. The molecule has 3 rings (SSSR count). The van der Waals surface area contributed by atoms with Crippen LogP contribution in [0.15, 0.2) is 24.3 Å². The number of rotatable bonds is 4. The van der Waals surface area contributed by atoms with E-state index in [9.17, 15) is 17.6 Å². The Kier molecular flexibility index (Phi) is 4.66. The molecule has 132 valence electrons. The number of hydrogen-bond donors (Lipinski definition) is 1. The number of likely N-dealkylation sites (tertiary alicyclic amines) is 1. The summed E-state index contributed by atoms with van der Waals surface area (Å²) in [6.07, 6.45) is 5.49. The summed E-state index contributed by atoms with van der Waals surface area (Å²) in [6.45, 7) is 0.417. The van der Waals surface area contributed by atoms with Crippen LogP contribution in [0.1, 0.15) is 44.1 Å². The number of amides is 1. The van der Waals surface area contributed by atoms with Gasteiger partial charge in [-0.3, -0.25) is 4.79 Å². The first-order valence-electron chi connectivity index (χ1n) is 8.30. The second-order valence-electron chi connectivity index (χ2n) is 7.00. The van der Waals surface area contributed by atoms with Crippen LogP contribution in [0.25, 0.3) is 0 Å². The lowest BCUT2D eigenvalue weighted by atomic mass is 9.78. The van der Waals surface area contributed by atoms with Crippen molar-refractivity contribution >= 4 is 15.9 Å². The van der Waals surface area contributed by atoms with Crippen LogP contribution in [0, 0.1) is 5.82 Å². The maximum atomic E-state index is 13.4. The van der Waals surface area contributed by atoms with E-state index in [1.165, 1.54) is 18.4 Å². The number of halogens is 1. The number of nitrogens with zero attached hydrogens (tertiary/aromatic N) is 1. The van der Waals surface area contributed by atoms with Crippen LogP contribution in [-0.2, 0) is 21.4 Å². The van der Waals surface area contributed by atoms with Gasteiger partial charge in [-0.15, -0.1) is 0 Å². The van der Waals surface area contributed by atoms with E-state index in [-0.39, 0.29) is 23.3 Å². The molecule has 1 aromatic carbocycles. The first kappa shape index (κ1) is 17.4. The van der Waals surface area contributed by atoms with Gasteiger partial charge in [0.05, 0.1) is 6.26 Å². The van der Waals surface area contributed by atoms with E-state index in [4.69, 9.17) is 0 Å². The summed E-state index contributed by atoms with van der Waals surface area (Å²) in [5.41, 5.74) is 0.583. The minimum atomic E-state index is -3.21. The second kappa shape index (κ2) is 6.44. The van der Waals surface area contributed by atoms with E-state index in [1.807, 2.05) is 11.0 Å². The Balaban J connectivity index is 1.72. The summed E-state index contributed by atoms with van der Waals surface area (Å²) >= 11 is 0. The van der Waals surface area contributed by atoms with Gasteiger partial charge in [0.15, 0.2) is 0 Å². The van der Waals surface area contributed by atoms with Crippen LogP contribution >= 0.6 is 0 Å². The van der Waals surface area contributed by atoms with Crippen molar-refractivity contribution in [2.24, 2.45) is 0 Å². The van der Waals surface area contributed by atoms with Crippen LogP contribution < -0.4 is 4.72 Å². The van der Waals surface area contributed by atoms with Gasteiger partial charge in [0.1, 0.15) is 5.82 Å². The molecule has 5 nitrogen and oxygen atoms in total. The Bertz CT molecular complexity index is 727. The van der Waals surface area contributed by atoms with Crippen LogP contribution in [-0.4, -0.2) is 37.1 Å². The number of sulfonamides is 1. The highest BCUT2D eigenvalue weighted by Crippen LogP contribution is 2.43. The first-order valence-corrected chi connectivity index (χ1v) is 10.2. The summed E-state index contributed by atoms with van der Waals surface area (Å²) in [5.74, 6) is -0.192. The van der Waals surface area contributed by atoms with E-state index in [0.29, 0.717) is 13.0 Å². The normalized spacial score (nSPS) is 27.8. The molecule has 0 bridgehead atoms. The average Bonchev–Trinajstić information content (AvgIpc) is 2.78. The zero-order valence-electron chi connectivity index (χ0n) is 13.8. The largest absolute Gasteiger partial charge is 0.333 e. The minimum Gasteiger partial charge on any atom is -0.333 e. The van der Waals surface area contributed by atoms with E-state index in [2.05, 4.69) is 4.72 Å². The fourth-order valence-electron chi connectivity index (χ4n) is 4.04. The molecule has 1 saturated carbocycles. The number of benzene rings is 1. The Morgan fingerprint density at radius 2 is 2.00 bits per heavy atom. The number of hydrogen-bond acceptors (Lipinski definition) is 3. The fourth-order valence-corrected chi connectivity index (χ4v) is 4.88. The molecule has 24 heavy (non-hydrogen) atoms. The molecule has 0 aromatic heterocycles. The molecular weight excluding hydrogens is 331 g/mol. The highest BCUT2D eigenvalue weighted by atomic mass is 32.2. The van der Waals surface area contributed by atoms with Gasteiger partial charge < -0.3 is 4.90 Å². The maximum absolute atomic E-state index is 13.4. The Morgan fingerprint density at radius 3 is 2.62 bits per heavy atom. The molecule has 2 aliphatic rings. The van der Waals surface area contributed by atoms with Crippen LogP contribution in [0.5, 0.6) is 0 Å². The lowest BCUT2D eigenvalue weighted by Gasteiger charge is -2.44.